The largest absolute Gasteiger partial charge is 0.367 e. The Kier molecular flexibility index (Phi) is 10.1. The van der Waals surface area contributed by atoms with Crippen LogP contribution in [0.3, 0.4) is 0 Å². The lowest BCUT2D eigenvalue weighted by Gasteiger charge is -2.29. The second kappa shape index (κ2) is 12.8. The maximum Gasteiger partial charge on any atom is 0.330 e. The van der Waals surface area contributed by atoms with Gasteiger partial charge in [-0.3, -0.25) is 4.57 Å². The number of nitrogens with zero attached hydrogens (tertiary/aromatic N) is 1. The van der Waals surface area contributed by atoms with Crippen molar-refractivity contribution in [3.63, 3.8) is 0 Å². The van der Waals surface area contributed by atoms with Crippen molar-refractivity contribution in [3.05, 3.63) is 53.1 Å². The summed E-state index contributed by atoms with van der Waals surface area (Å²) in [6, 6.07) is 8.90. The van der Waals surface area contributed by atoms with Gasteiger partial charge in [0.25, 0.3) is 0 Å². The highest BCUT2D eigenvalue weighted by molar-refractivity contribution is 7.53. The van der Waals surface area contributed by atoms with E-state index in [0.29, 0.717) is 25.3 Å². The average Bonchev–Trinajstić information content (AvgIpc) is 3.12. The van der Waals surface area contributed by atoms with Gasteiger partial charge in [-0.1, -0.05) is 76.5 Å². The molecule has 1 unspecified atom stereocenters. The monoisotopic (exact) mass is 459 g/mol. The summed E-state index contributed by atoms with van der Waals surface area (Å²) >= 11 is 0. The van der Waals surface area contributed by atoms with Crippen LogP contribution in [0, 0.1) is 0 Å². The molecule has 0 fully saturated rings. The van der Waals surface area contributed by atoms with Crippen LogP contribution in [0.5, 0.6) is 0 Å². The number of benzene rings is 1. The maximum atomic E-state index is 13.2. The van der Waals surface area contributed by atoms with Crippen LogP contribution in [0.4, 0.5) is 0 Å². The van der Waals surface area contributed by atoms with E-state index in [2.05, 4.69) is 62.1 Å². The first-order valence-electron chi connectivity index (χ1n) is 12.8. The smallest absolute Gasteiger partial charge is 0.330 e. The van der Waals surface area contributed by atoms with E-state index in [0.717, 1.165) is 64.5 Å². The van der Waals surface area contributed by atoms with E-state index in [1.165, 1.54) is 22.4 Å². The molecule has 0 saturated carbocycles. The van der Waals surface area contributed by atoms with Crippen molar-refractivity contribution in [1.29, 1.82) is 0 Å². The van der Waals surface area contributed by atoms with E-state index < -0.39 is 7.60 Å². The van der Waals surface area contributed by atoms with Gasteiger partial charge < -0.3 is 13.9 Å². The highest BCUT2D eigenvalue weighted by Gasteiger charge is 2.33. The Morgan fingerprint density at radius 3 is 2.38 bits per heavy atom. The first kappa shape index (κ1) is 25.3. The number of hydrogen-bond acceptors (Lipinski definition) is 4. The molecule has 2 aliphatic rings. The molecule has 1 aliphatic carbocycles. The summed E-state index contributed by atoms with van der Waals surface area (Å²) in [5.74, 6) is 0.429. The zero-order valence-corrected chi connectivity index (χ0v) is 21.2. The number of allylic oxidation sites excluding steroid dienone is 2. The number of rotatable bonds is 15. The molecule has 0 saturated heterocycles. The summed E-state index contributed by atoms with van der Waals surface area (Å²) in [5.41, 5.74) is 5.76. The molecule has 0 radical (unpaired) electrons. The minimum absolute atomic E-state index is 0.429. The van der Waals surface area contributed by atoms with Gasteiger partial charge in [0.15, 0.2) is 0 Å². The molecule has 1 atom stereocenters. The first-order chi connectivity index (χ1) is 15.6. The molecule has 32 heavy (non-hydrogen) atoms. The van der Waals surface area contributed by atoms with Gasteiger partial charge in [-0.2, -0.15) is 0 Å². The minimum atomic E-state index is -2.99. The van der Waals surface area contributed by atoms with Crippen LogP contribution in [-0.2, 0) is 13.6 Å². The number of unbranched alkanes of at least 4 members (excludes halogenated alkanes) is 3. The zero-order valence-electron chi connectivity index (χ0n) is 20.4. The van der Waals surface area contributed by atoms with Gasteiger partial charge in [-0.05, 0) is 43.2 Å². The molecule has 0 N–H and O–H groups in total. The number of hydrogen-bond donors (Lipinski definition) is 0. The van der Waals surface area contributed by atoms with E-state index in [-0.39, 0.29) is 0 Å². The molecule has 0 aromatic heterocycles. The predicted molar refractivity (Wildman–Crippen MR) is 135 cm³/mol. The van der Waals surface area contributed by atoms with E-state index in [1.807, 2.05) is 0 Å². The average molecular weight is 460 g/mol. The van der Waals surface area contributed by atoms with Crippen LogP contribution in [0.2, 0.25) is 0 Å². The summed E-state index contributed by atoms with van der Waals surface area (Å²) < 4.78 is 24.8. The Morgan fingerprint density at radius 2 is 1.69 bits per heavy atom. The van der Waals surface area contributed by atoms with Crippen molar-refractivity contribution in [2.45, 2.75) is 78.1 Å². The van der Waals surface area contributed by atoms with Gasteiger partial charge >= 0.3 is 7.60 Å². The summed E-state index contributed by atoms with van der Waals surface area (Å²) in [7, 11) is -2.99. The summed E-state index contributed by atoms with van der Waals surface area (Å²) in [4.78, 5) is 2.53. The Morgan fingerprint density at radius 1 is 0.969 bits per heavy atom. The molecule has 1 aliphatic heterocycles. The fourth-order valence-electron chi connectivity index (χ4n) is 4.75. The van der Waals surface area contributed by atoms with Crippen molar-refractivity contribution in [2.75, 3.05) is 32.5 Å². The maximum absolute atomic E-state index is 13.2. The fourth-order valence-corrected chi connectivity index (χ4v) is 6.51. The molecule has 1 aromatic rings. The van der Waals surface area contributed by atoms with Gasteiger partial charge in [0, 0.05) is 30.3 Å². The third kappa shape index (κ3) is 6.37. The van der Waals surface area contributed by atoms with Gasteiger partial charge in [-0.25, -0.2) is 0 Å². The van der Waals surface area contributed by atoms with Gasteiger partial charge in [0.2, 0.25) is 0 Å². The molecular weight excluding hydrogens is 417 g/mol. The van der Waals surface area contributed by atoms with Crippen molar-refractivity contribution >= 4 is 13.3 Å². The van der Waals surface area contributed by atoms with Crippen LogP contribution >= 0.6 is 7.60 Å². The Bertz CT molecular complexity index is 818. The predicted octanol–water partition coefficient (Wildman–Crippen LogP) is 7.77. The zero-order chi connectivity index (χ0) is 22.8. The van der Waals surface area contributed by atoms with Crippen molar-refractivity contribution < 1.29 is 13.6 Å². The van der Waals surface area contributed by atoms with E-state index in [9.17, 15) is 4.57 Å². The molecule has 0 amide bonds. The van der Waals surface area contributed by atoms with Crippen molar-refractivity contribution in [2.24, 2.45) is 0 Å². The fraction of sp³-hybridized carbons (Fsp3) is 0.630. The Labute approximate surface area is 195 Å². The van der Waals surface area contributed by atoms with Crippen LogP contribution in [-0.4, -0.2) is 37.4 Å². The summed E-state index contributed by atoms with van der Waals surface area (Å²) in [5, 5.41) is 0. The van der Waals surface area contributed by atoms with Crippen molar-refractivity contribution in [3.8, 4) is 0 Å². The first-order valence-corrected chi connectivity index (χ1v) is 14.5. The molecule has 178 valence electrons. The highest BCUT2D eigenvalue weighted by Crippen LogP contribution is 2.51. The lowest BCUT2D eigenvalue weighted by Crippen LogP contribution is -2.25. The van der Waals surface area contributed by atoms with Gasteiger partial charge in [0.05, 0.1) is 19.4 Å². The minimum Gasteiger partial charge on any atom is -0.367 e. The van der Waals surface area contributed by atoms with E-state index in [1.54, 1.807) is 0 Å². The van der Waals surface area contributed by atoms with E-state index >= 15 is 0 Å². The Balaban J connectivity index is 1.63. The highest BCUT2D eigenvalue weighted by atomic mass is 31.2. The van der Waals surface area contributed by atoms with Crippen LogP contribution in [0.25, 0.3) is 5.70 Å². The van der Waals surface area contributed by atoms with Crippen LogP contribution < -0.4 is 0 Å². The second-order valence-electron chi connectivity index (χ2n) is 9.00. The van der Waals surface area contributed by atoms with Crippen molar-refractivity contribution in [1.82, 2.24) is 4.90 Å². The standard InChI is InChI=1S/C27H42NO3P/c1-4-7-20-30-32(29,31-21-8-5-2)22-12-11-15-24-23-14-9-10-16-25(23)27-26(24)17-13-19-28(27)18-6-3/h9-10,13-14,16-17,24H,4-8,11-12,15,18-22H2,1-3H3. The van der Waals surface area contributed by atoms with Crippen LogP contribution in [0.1, 0.15) is 89.2 Å². The quantitative estimate of drug-likeness (QED) is 0.198. The molecule has 1 heterocycles. The molecule has 3 rings (SSSR count). The lowest BCUT2D eigenvalue weighted by molar-refractivity contribution is 0.199. The van der Waals surface area contributed by atoms with Gasteiger partial charge in [-0.15, -0.1) is 0 Å². The Hall–Kier alpha value is -1.35. The van der Waals surface area contributed by atoms with E-state index in [4.69, 9.17) is 9.05 Å². The van der Waals surface area contributed by atoms with Gasteiger partial charge in [0.1, 0.15) is 0 Å². The molecule has 4 nitrogen and oxygen atoms in total. The SMILES string of the molecule is CCCCOP(=O)(CCCCC1C2=C(c3ccccc31)N(CCC)CC=C2)OCCCC. The molecular formula is C27H42NO3P. The normalized spacial score (nSPS) is 17.7. The topological polar surface area (TPSA) is 38.8 Å². The molecule has 1 aromatic carbocycles. The molecule has 5 heteroatoms. The third-order valence-electron chi connectivity index (χ3n) is 6.42. The number of fused-ring (bicyclic) bond motifs is 2. The second-order valence-corrected chi connectivity index (χ2v) is 11.2. The summed E-state index contributed by atoms with van der Waals surface area (Å²) in [6.45, 7) is 9.65. The third-order valence-corrected chi connectivity index (χ3v) is 8.44. The van der Waals surface area contributed by atoms with Crippen LogP contribution in [0.15, 0.2) is 42.0 Å². The molecule has 0 spiro atoms. The lowest BCUT2D eigenvalue weighted by atomic mass is 9.90. The molecule has 0 bridgehead atoms. The summed E-state index contributed by atoms with van der Waals surface area (Å²) in [6.07, 6.45) is 13.2.